The molecular weight excluding hydrogens is 196 g/mol. The lowest BCUT2D eigenvalue weighted by Crippen LogP contribution is -2.06. The zero-order valence-corrected chi connectivity index (χ0v) is 9.70. The molecule has 2 heterocycles. The molecule has 1 aliphatic rings. The van der Waals surface area contributed by atoms with E-state index in [1.807, 2.05) is 32.3 Å². The third-order valence-corrected chi connectivity index (χ3v) is 2.57. The number of anilines is 2. The molecule has 0 radical (unpaired) electrons. The molecule has 2 heteroatoms. The molecule has 0 spiro atoms. The predicted octanol–water partition coefficient (Wildman–Crippen LogP) is 3.76. The number of hydrogen-bond acceptors (Lipinski definition) is 2. The summed E-state index contributed by atoms with van der Waals surface area (Å²) in [5, 5.41) is 3.40. The molecule has 82 valence electrons. The summed E-state index contributed by atoms with van der Waals surface area (Å²) in [5.41, 5.74) is 5.00. The van der Waals surface area contributed by atoms with Crippen LogP contribution in [0.5, 0.6) is 0 Å². The van der Waals surface area contributed by atoms with Gasteiger partial charge in [-0.1, -0.05) is 32.0 Å². The van der Waals surface area contributed by atoms with Gasteiger partial charge in [0.05, 0.1) is 0 Å². The van der Waals surface area contributed by atoms with Gasteiger partial charge in [0, 0.05) is 30.2 Å². The van der Waals surface area contributed by atoms with Crippen molar-refractivity contribution in [1.29, 1.82) is 0 Å². The third kappa shape index (κ3) is 1.91. The van der Waals surface area contributed by atoms with Crippen molar-refractivity contribution in [3.8, 4) is 0 Å². The van der Waals surface area contributed by atoms with Crippen LogP contribution in [0, 0.1) is 0 Å². The van der Waals surface area contributed by atoms with Gasteiger partial charge in [0.25, 0.3) is 0 Å². The first-order chi connectivity index (χ1) is 7.93. The molecule has 0 atom stereocenters. The van der Waals surface area contributed by atoms with Crippen molar-refractivity contribution in [2.75, 3.05) is 5.32 Å². The number of para-hydroxylation sites is 1. The van der Waals surface area contributed by atoms with Gasteiger partial charge in [0.15, 0.2) is 0 Å². The lowest BCUT2D eigenvalue weighted by atomic mass is 9.99. The highest BCUT2D eigenvalue weighted by Gasteiger charge is 2.12. The van der Waals surface area contributed by atoms with Crippen LogP contribution in [0.4, 0.5) is 11.4 Å². The molecule has 0 saturated heterocycles. The van der Waals surface area contributed by atoms with Gasteiger partial charge in [-0.15, -0.1) is 0 Å². The van der Waals surface area contributed by atoms with Crippen LogP contribution in [0.1, 0.15) is 25.0 Å². The molecule has 1 aromatic carbocycles. The van der Waals surface area contributed by atoms with Crippen LogP contribution >= 0.6 is 0 Å². The topological polar surface area (TPSA) is 24.9 Å². The highest BCUT2D eigenvalue weighted by atomic mass is 14.9. The highest BCUT2D eigenvalue weighted by molar-refractivity contribution is 5.70. The summed E-state index contributed by atoms with van der Waals surface area (Å²) >= 11 is 0. The molecule has 2 aromatic rings. The number of nitrogens with zero attached hydrogens (tertiary/aromatic N) is 1. The smallest absolute Gasteiger partial charge is 0.0451 e. The van der Waals surface area contributed by atoms with Crippen LogP contribution in [0.3, 0.4) is 0 Å². The van der Waals surface area contributed by atoms with Gasteiger partial charge < -0.3 is 5.32 Å². The SMILES string of the molecule is CC.c1ccc2c(c1)Cc1cnccc1N2. The quantitative estimate of drug-likeness (QED) is 0.613. The Kier molecular flexibility index (Phi) is 3.20. The van der Waals surface area contributed by atoms with Crippen LogP contribution in [0.2, 0.25) is 0 Å². The van der Waals surface area contributed by atoms with Crippen LogP contribution in [0.25, 0.3) is 0 Å². The largest absolute Gasteiger partial charge is 0.355 e. The normalized spacial score (nSPS) is 11.4. The van der Waals surface area contributed by atoms with Gasteiger partial charge in [-0.3, -0.25) is 4.98 Å². The second-order valence-electron chi connectivity index (χ2n) is 3.49. The van der Waals surface area contributed by atoms with Crippen molar-refractivity contribution in [1.82, 2.24) is 4.98 Å². The maximum atomic E-state index is 4.13. The Balaban J connectivity index is 0.000000457. The first-order valence-corrected chi connectivity index (χ1v) is 5.71. The van der Waals surface area contributed by atoms with E-state index >= 15 is 0 Å². The molecule has 0 fully saturated rings. The minimum Gasteiger partial charge on any atom is -0.355 e. The summed E-state index contributed by atoms with van der Waals surface area (Å²) < 4.78 is 0. The third-order valence-electron chi connectivity index (χ3n) is 2.57. The summed E-state index contributed by atoms with van der Waals surface area (Å²) in [7, 11) is 0. The number of rotatable bonds is 0. The van der Waals surface area contributed by atoms with E-state index < -0.39 is 0 Å². The first kappa shape index (κ1) is 10.7. The number of fused-ring (bicyclic) bond motifs is 2. The predicted molar refractivity (Wildman–Crippen MR) is 68.1 cm³/mol. The van der Waals surface area contributed by atoms with Crippen molar-refractivity contribution < 1.29 is 0 Å². The lowest BCUT2D eigenvalue weighted by Gasteiger charge is -2.20. The van der Waals surface area contributed by atoms with Gasteiger partial charge >= 0.3 is 0 Å². The van der Waals surface area contributed by atoms with Gasteiger partial charge in [-0.2, -0.15) is 0 Å². The van der Waals surface area contributed by atoms with Gasteiger partial charge in [0.1, 0.15) is 0 Å². The summed E-state index contributed by atoms with van der Waals surface area (Å²) in [6, 6.07) is 10.4. The Morgan fingerprint density at radius 1 is 1.00 bits per heavy atom. The Bertz CT molecular complexity index is 390. The Morgan fingerprint density at radius 3 is 2.62 bits per heavy atom. The van der Waals surface area contributed by atoms with Gasteiger partial charge in [-0.05, 0) is 23.3 Å². The monoisotopic (exact) mass is 212 g/mol. The van der Waals surface area contributed by atoms with Crippen LogP contribution in [-0.2, 0) is 6.42 Å². The summed E-state index contributed by atoms with van der Waals surface area (Å²) in [4.78, 5) is 4.13. The van der Waals surface area contributed by atoms with E-state index in [1.165, 1.54) is 22.5 Å². The van der Waals surface area contributed by atoms with Crippen LogP contribution in [0.15, 0.2) is 42.7 Å². The fourth-order valence-electron chi connectivity index (χ4n) is 1.84. The molecule has 0 unspecified atom stereocenters. The molecule has 1 aromatic heterocycles. The molecule has 0 amide bonds. The Hall–Kier alpha value is -1.83. The molecule has 0 bridgehead atoms. The molecule has 3 rings (SSSR count). The van der Waals surface area contributed by atoms with Crippen molar-refractivity contribution >= 4 is 11.4 Å². The molecule has 1 N–H and O–H groups in total. The van der Waals surface area contributed by atoms with E-state index in [2.05, 4.69) is 34.6 Å². The minimum atomic E-state index is 0.979. The minimum absolute atomic E-state index is 0.979. The fraction of sp³-hybridized carbons (Fsp3) is 0.214. The molecule has 1 aliphatic heterocycles. The Morgan fingerprint density at radius 2 is 1.75 bits per heavy atom. The molecule has 16 heavy (non-hydrogen) atoms. The van der Waals surface area contributed by atoms with Crippen molar-refractivity contribution in [3.05, 3.63) is 53.9 Å². The maximum Gasteiger partial charge on any atom is 0.0451 e. The van der Waals surface area contributed by atoms with E-state index in [-0.39, 0.29) is 0 Å². The zero-order chi connectivity index (χ0) is 11.4. The molecule has 0 aliphatic carbocycles. The summed E-state index contributed by atoms with van der Waals surface area (Å²) in [5.74, 6) is 0. The first-order valence-electron chi connectivity index (χ1n) is 5.71. The average Bonchev–Trinajstić information content (AvgIpc) is 2.38. The lowest BCUT2D eigenvalue weighted by molar-refractivity contribution is 1.12. The van der Waals surface area contributed by atoms with E-state index in [0.717, 1.165) is 6.42 Å². The van der Waals surface area contributed by atoms with E-state index in [1.54, 1.807) is 0 Å². The van der Waals surface area contributed by atoms with E-state index in [0.29, 0.717) is 0 Å². The standard InChI is InChI=1S/C12H10N2.C2H6/c1-2-4-11-9(3-1)7-10-8-13-6-5-12(10)14-11;1-2/h1-6,8,14H,7H2;1-2H3. The summed E-state index contributed by atoms with van der Waals surface area (Å²) in [6.45, 7) is 4.00. The Labute approximate surface area is 96.4 Å². The molecule has 0 saturated carbocycles. The van der Waals surface area contributed by atoms with Crippen molar-refractivity contribution in [2.45, 2.75) is 20.3 Å². The number of aromatic nitrogens is 1. The number of nitrogens with one attached hydrogen (secondary N) is 1. The van der Waals surface area contributed by atoms with E-state index in [9.17, 15) is 0 Å². The molecule has 2 nitrogen and oxygen atoms in total. The van der Waals surface area contributed by atoms with Crippen LogP contribution in [-0.4, -0.2) is 4.98 Å². The fourth-order valence-corrected chi connectivity index (χ4v) is 1.84. The van der Waals surface area contributed by atoms with Crippen LogP contribution < -0.4 is 5.32 Å². The highest BCUT2D eigenvalue weighted by Crippen LogP contribution is 2.31. The summed E-state index contributed by atoms with van der Waals surface area (Å²) in [6.07, 6.45) is 4.73. The average molecular weight is 212 g/mol. The molecular formula is C14H16N2. The van der Waals surface area contributed by atoms with Gasteiger partial charge in [0.2, 0.25) is 0 Å². The zero-order valence-electron chi connectivity index (χ0n) is 9.70. The number of hydrogen-bond donors (Lipinski definition) is 1. The second kappa shape index (κ2) is 4.79. The number of benzene rings is 1. The maximum absolute atomic E-state index is 4.13. The second-order valence-corrected chi connectivity index (χ2v) is 3.49. The van der Waals surface area contributed by atoms with Crippen molar-refractivity contribution in [3.63, 3.8) is 0 Å². The van der Waals surface area contributed by atoms with Crippen molar-refractivity contribution in [2.24, 2.45) is 0 Å². The van der Waals surface area contributed by atoms with Gasteiger partial charge in [-0.25, -0.2) is 0 Å². The van der Waals surface area contributed by atoms with E-state index in [4.69, 9.17) is 0 Å². The number of pyridine rings is 1.